The maximum absolute atomic E-state index is 5.82. The normalized spacial score (nSPS) is 21.1. The van der Waals surface area contributed by atoms with E-state index < -0.39 is 0 Å². The Morgan fingerprint density at radius 1 is 1.57 bits per heavy atom. The van der Waals surface area contributed by atoms with Crippen molar-refractivity contribution < 1.29 is 4.74 Å². The van der Waals surface area contributed by atoms with Gasteiger partial charge in [0, 0.05) is 6.54 Å². The number of rotatable bonds is 2. The van der Waals surface area contributed by atoms with Gasteiger partial charge in [-0.2, -0.15) is 0 Å². The number of aryl methyl sites for hydroxylation is 1. The maximum Gasteiger partial charge on any atom is 0.141 e. The highest BCUT2D eigenvalue weighted by Crippen LogP contribution is 2.20. The van der Waals surface area contributed by atoms with Crippen molar-refractivity contribution in [3.05, 3.63) is 22.4 Å². The maximum atomic E-state index is 5.82. The number of nitrogens with zero attached hydrogens (tertiary/aromatic N) is 1. The minimum absolute atomic E-state index is 0.302. The summed E-state index contributed by atoms with van der Waals surface area (Å²) in [5.41, 5.74) is 0.936. The van der Waals surface area contributed by atoms with Crippen LogP contribution < -0.4 is 10.1 Å². The molecule has 4 heteroatoms. The number of halogens is 1. The van der Waals surface area contributed by atoms with Gasteiger partial charge in [-0.25, -0.2) is 4.98 Å². The fourth-order valence-corrected chi connectivity index (χ4v) is 1.95. The van der Waals surface area contributed by atoms with Gasteiger partial charge in [-0.05, 0) is 48.0 Å². The summed E-state index contributed by atoms with van der Waals surface area (Å²) in [5, 5.41) is 3.27. The quantitative estimate of drug-likeness (QED) is 0.821. The van der Waals surface area contributed by atoms with E-state index in [1.807, 2.05) is 19.1 Å². The molecule has 0 radical (unpaired) electrons. The molecule has 14 heavy (non-hydrogen) atoms. The molecule has 3 nitrogen and oxygen atoms in total. The van der Waals surface area contributed by atoms with Crippen LogP contribution in [-0.4, -0.2) is 24.2 Å². The number of ether oxygens (including phenoxy) is 1. The predicted molar refractivity (Wildman–Crippen MR) is 58.6 cm³/mol. The van der Waals surface area contributed by atoms with Crippen LogP contribution in [-0.2, 0) is 0 Å². The molecule has 1 N–H and O–H groups in total. The van der Waals surface area contributed by atoms with Crippen LogP contribution in [0.5, 0.6) is 5.75 Å². The van der Waals surface area contributed by atoms with E-state index in [0.717, 1.165) is 35.6 Å². The van der Waals surface area contributed by atoms with Crippen LogP contribution in [0.2, 0.25) is 0 Å². The molecule has 0 bridgehead atoms. The Morgan fingerprint density at radius 3 is 3.07 bits per heavy atom. The Hall–Kier alpha value is -0.610. The molecule has 1 aromatic heterocycles. The Balaban J connectivity index is 2.08. The number of pyridine rings is 1. The molecule has 1 aromatic rings. The summed E-state index contributed by atoms with van der Waals surface area (Å²) in [6.07, 6.45) is 1.38. The molecule has 1 atom stereocenters. The van der Waals surface area contributed by atoms with Crippen LogP contribution in [0, 0.1) is 6.92 Å². The standard InChI is InChI=1S/C10H13BrN2O/c1-7-9(2-3-10(11)13-7)14-8-4-5-12-6-8/h2-3,8,12H,4-6H2,1H3. The average Bonchev–Trinajstić information content (AvgIpc) is 2.62. The summed E-state index contributed by atoms with van der Waals surface area (Å²) in [4.78, 5) is 4.29. The third-order valence-electron chi connectivity index (χ3n) is 2.31. The van der Waals surface area contributed by atoms with Gasteiger partial charge in [-0.1, -0.05) is 0 Å². The van der Waals surface area contributed by atoms with E-state index in [-0.39, 0.29) is 0 Å². The van der Waals surface area contributed by atoms with Crippen LogP contribution in [0.15, 0.2) is 16.7 Å². The Bertz CT molecular complexity index is 324. The van der Waals surface area contributed by atoms with Crippen molar-refractivity contribution in [2.45, 2.75) is 19.4 Å². The van der Waals surface area contributed by atoms with E-state index in [2.05, 4.69) is 26.2 Å². The van der Waals surface area contributed by atoms with Crippen LogP contribution in [0.25, 0.3) is 0 Å². The van der Waals surface area contributed by atoms with Crippen molar-refractivity contribution in [2.75, 3.05) is 13.1 Å². The molecule has 2 heterocycles. The first-order valence-electron chi connectivity index (χ1n) is 4.76. The lowest BCUT2D eigenvalue weighted by molar-refractivity contribution is 0.220. The second-order valence-corrected chi connectivity index (χ2v) is 4.26. The molecule has 0 saturated carbocycles. The zero-order chi connectivity index (χ0) is 9.97. The first-order chi connectivity index (χ1) is 6.75. The van der Waals surface area contributed by atoms with Gasteiger partial charge in [0.2, 0.25) is 0 Å². The topological polar surface area (TPSA) is 34.1 Å². The van der Waals surface area contributed by atoms with Crippen LogP contribution in [0.4, 0.5) is 0 Å². The van der Waals surface area contributed by atoms with Crippen molar-refractivity contribution in [3.63, 3.8) is 0 Å². The van der Waals surface area contributed by atoms with Gasteiger partial charge < -0.3 is 10.1 Å². The zero-order valence-electron chi connectivity index (χ0n) is 8.09. The predicted octanol–water partition coefficient (Wildman–Crippen LogP) is 1.89. The fourth-order valence-electron chi connectivity index (χ4n) is 1.55. The summed E-state index contributed by atoms with van der Waals surface area (Å²) < 4.78 is 6.67. The first kappa shape index (κ1) is 9.93. The molecule has 0 aromatic carbocycles. The zero-order valence-corrected chi connectivity index (χ0v) is 9.67. The highest BCUT2D eigenvalue weighted by atomic mass is 79.9. The van der Waals surface area contributed by atoms with Crippen LogP contribution in [0.3, 0.4) is 0 Å². The molecule has 1 fully saturated rings. The number of aromatic nitrogens is 1. The summed E-state index contributed by atoms with van der Waals surface area (Å²) >= 11 is 3.33. The molecular formula is C10H13BrN2O. The summed E-state index contributed by atoms with van der Waals surface area (Å²) in [7, 11) is 0. The molecule has 76 valence electrons. The van der Waals surface area contributed by atoms with Gasteiger partial charge in [-0.15, -0.1) is 0 Å². The summed E-state index contributed by atoms with van der Waals surface area (Å²) in [5.74, 6) is 0.891. The number of hydrogen-bond donors (Lipinski definition) is 1. The van der Waals surface area contributed by atoms with Gasteiger partial charge >= 0.3 is 0 Å². The second kappa shape index (κ2) is 4.28. The first-order valence-corrected chi connectivity index (χ1v) is 5.55. The number of hydrogen-bond acceptors (Lipinski definition) is 3. The van der Waals surface area contributed by atoms with Gasteiger partial charge in [0.25, 0.3) is 0 Å². The lowest BCUT2D eigenvalue weighted by Gasteiger charge is -2.13. The third kappa shape index (κ3) is 2.25. The van der Waals surface area contributed by atoms with Crippen molar-refractivity contribution in [2.24, 2.45) is 0 Å². The Morgan fingerprint density at radius 2 is 2.43 bits per heavy atom. The average molecular weight is 257 g/mol. The molecule has 0 aliphatic carbocycles. The monoisotopic (exact) mass is 256 g/mol. The van der Waals surface area contributed by atoms with E-state index in [9.17, 15) is 0 Å². The minimum Gasteiger partial charge on any atom is -0.487 e. The molecule has 2 rings (SSSR count). The SMILES string of the molecule is Cc1nc(Br)ccc1OC1CCNC1. The Kier molecular flexibility index (Phi) is 3.03. The van der Waals surface area contributed by atoms with E-state index >= 15 is 0 Å². The second-order valence-electron chi connectivity index (χ2n) is 3.45. The molecule has 1 saturated heterocycles. The summed E-state index contributed by atoms with van der Waals surface area (Å²) in [6, 6.07) is 3.87. The van der Waals surface area contributed by atoms with Crippen molar-refractivity contribution >= 4 is 15.9 Å². The highest BCUT2D eigenvalue weighted by Gasteiger charge is 2.16. The minimum atomic E-state index is 0.302. The molecule has 1 aliphatic rings. The lowest BCUT2D eigenvalue weighted by atomic mass is 10.3. The largest absolute Gasteiger partial charge is 0.487 e. The molecule has 1 aliphatic heterocycles. The van der Waals surface area contributed by atoms with Crippen LogP contribution in [0.1, 0.15) is 12.1 Å². The van der Waals surface area contributed by atoms with Gasteiger partial charge in [-0.3, -0.25) is 0 Å². The highest BCUT2D eigenvalue weighted by molar-refractivity contribution is 9.10. The lowest BCUT2D eigenvalue weighted by Crippen LogP contribution is -2.20. The van der Waals surface area contributed by atoms with Crippen molar-refractivity contribution in [1.82, 2.24) is 10.3 Å². The third-order valence-corrected chi connectivity index (χ3v) is 2.75. The molecular weight excluding hydrogens is 244 g/mol. The number of nitrogens with one attached hydrogen (secondary N) is 1. The molecule has 0 spiro atoms. The van der Waals surface area contributed by atoms with E-state index in [4.69, 9.17) is 4.74 Å². The van der Waals surface area contributed by atoms with Crippen molar-refractivity contribution in [1.29, 1.82) is 0 Å². The molecule has 1 unspecified atom stereocenters. The van der Waals surface area contributed by atoms with Crippen LogP contribution >= 0.6 is 15.9 Å². The Labute approximate surface area is 92.0 Å². The van der Waals surface area contributed by atoms with Gasteiger partial charge in [0.15, 0.2) is 0 Å². The van der Waals surface area contributed by atoms with Gasteiger partial charge in [0.05, 0.1) is 5.69 Å². The fraction of sp³-hybridized carbons (Fsp3) is 0.500. The van der Waals surface area contributed by atoms with E-state index in [1.54, 1.807) is 0 Å². The smallest absolute Gasteiger partial charge is 0.141 e. The molecule has 0 amide bonds. The van der Waals surface area contributed by atoms with E-state index in [1.165, 1.54) is 0 Å². The van der Waals surface area contributed by atoms with Gasteiger partial charge in [0.1, 0.15) is 16.5 Å². The van der Waals surface area contributed by atoms with E-state index in [0.29, 0.717) is 6.10 Å². The summed E-state index contributed by atoms with van der Waals surface area (Å²) in [6.45, 7) is 3.95. The van der Waals surface area contributed by atoms with Crippen molar-refractivity contribution in [3.8, 4) is 5.75 Å².